The fourth-order valence-electron chi connectivity index (χ4n) is 1.14. The van der Waals surface area contributed by atoms with Gasteiger partial charge in [-0.05, 0) is 13.8 Å². The summed E-state index contributed by atoms with van der Waals surface area (Å²) in [5, 5.41) is 17.5. The van der Waals surface area contributed by atoms with Gasteiger partial charge in [-0.2, -0.15) is 0 Å². The fourth-order valence-corrected chi connectivity index (χ4v) is 1.64. The number of hydrogen-bond donors (Lipinski definition) is 3. The molecule has 0 aliphatic carbocycles. The van der Waals surface area contributed by atoms with Crippen molar-refractivity contribution in [2.45, 2.75) is 19.6 Å². The summed E-state index contributed by atoms with van der Waals surface area (Å²) in [7, 11) is -2.70. The molecule has 0 rings (SSSR count). The van der Waals surface area contributed by atoms with E-state index in [1.165, 1.54) is 0 Å². The average molecular weight is 226 g/mol. The minimum Gasteiger partial charge on any atom is -0.395 e. The molecule has 0 aliphatic heterocycles. The lowest BCUT2D eigenvalue weighted by Crippen LogP contribution is -2.47. The second kappa shape index (κ2) is 6.40. The SMILES string of the molecule is CC(C)(O[P+](=O)O)N(CCO)CCO. The van der Waals surface area contributed by atoms with E-state index in [4.69, 9.17) is 19.6 Å². The Morgan fingerprint density at radius 1 is 1.29 bits per heavy atom. The number of rotatable bonds is 7. The van der Waals surface area contributed by atoms with Crippen molar-refractivity contribution in [2.75, 3.05) is 26.3 Å². The van der Waals surface area contributed by atoms with Gasteiger partial charge in [-0.3, -0.25) is 4.90 Å². The van der Waals surface area contributed by atoms with Gasteiger partial charge in [0.1, 0.15) is 0 Å². The molecule has 1 unspecified atom stereocenters. The molecule has 0 radical (unpaired) electrons. The maximum atomic E-state index is 10.5. The molecule has 7 heteroatoms. The van der Waals surface area contributed by atoms with Crippen LogP contribution in [0.2, 0.25) is 0 Å². The van der Waals surface area contributed by atoms with Crippen molar-refractivity contribution in [2.24, 2.45) is 0 Å². The summed E-state index contributed by atoms with van der Waals surface area (Å²) in [6, 6.07) is 0. The highest BCUT2D eigenvalue weighted by Gasteiger charge is 2.36. The van der Waals surface area contributed by atoms with Gasteiger partial charge in [-0.25, -0.2) is 0 Å². The van der Waals surface area contributed by atoms with Gasteiger partial charge in [0.25, 0.3) is 0 Å². The second-order valence-electron chi connectivity index (χ2n) is 3.21. The number of aliphatic hydroxyl groups is 2. The van der Waals surface area contributed by atoms with Crippen LogP contribution in [0.4, 0.5) is 0 Å². The lowest BCUT2D eigenvalue weighted by atomic mass is 10.2. The van der Waals surface area contributed by atoms with Crippen LogP contribution in [-0.2, 0) is 9.09 Å². The molecule has 0 saturated carbocycles. The van der Waals surface area contributed by atoms with E-state index in [0.717, 1.165) is 0 Å². The minimum absolute atomic E-state index is 0.102. The first-order chi connectivity index (χ1) is 6.44. The van der Waals surface area contributed by atoms with E-state index in [1.807, 2.05) is 0 Å². The van der Waals surface area contributed by atoms with Crippen molar-refractivity contribution >= 4 is 8.25 Å². The largest absolute Gasteiger partial charge is 0.696 e. The first-order valence-electron chi connectivity index (χ1n) is 4.26. The molecule has 84 valence electrons. The van der Waals surface area contributed by atoms with Crippen LogP contribution in [0.25, 0.3) is 0 Å². The quantitative estimate of drug-likeness (QED) is 0.407. The Kier molecular flexibility index (Phi) is 6.35. The molecule has 0 heterocycles. The summed E-state index contributed by atoms with van der Waals surface area (Å²) in [4.78, 5) is 10.2. The molecule has 0 amide bonds. The predicted molar refractivity (Wildman–Crippen MR) is 50.7 cm³/mol. The number of aliphatic hydroxyl groups excluding tert-OH is 2. The zero-order valence-electron chi connectivity index (χ0n) is 8.38. The first-order valence-corrected chi connectivity index (χ1v) is 5.39. The molecule has 1 atom stereocenters. The lowest BCUT2D eigenvalue weighted by Gasteiger charge is -2.32. The molecule has 0 fully saturated rings. The molecule has 0 saturated heterocycles. The normalized spacial score (nSPS) is 13.4. The van der Waals surface area contributed by atoms with Crippen molar-refractivity contribution in [3.05, 3.63) is 0 Å². The second-order valence-corrected chi connectivity index (χ2v) is 3.87. The zero-order chi connectivity index (χ0) is 11.2. The van der Waals surface area contributed by atoms with Crippen molar-refractivity contribution < 1.29 is 24.2 Å². The highest BCUT2D eigenvalue weighted by Crippen LogP contribution is 2.28. The molecule has 0 aliphatic rings. The zero-order valence-corrected chi connectivity index (χ0v) is 9.28. The van der Waals surface area contributed by atoms with E-state index in [2.05, 4.69) is 0 Å². The van der Waals surface area contributed by atoms with Crippen LogP contribution in [0.3, 0.4) is 0 Å². The Morgan fingerprint density at radius 2 is 1.71 bits per heavy atom. The topological polar surface area (TPSA) is 90.2 Å². The number of nitrogens with zero attached hydrogens (tertiary/aromatic N) is 1. The molecular weight excluding hydrogens is 209 g/mol. The molecule has 3 N–H and O–H groups in total. The minimum atomic E-state index is -2.70. The van der Waals surface area contributed by atoms with Crippen LogP contribution < -0.4 is 0 Å². The number of hydrogen-bond acceptors (Lipinski definition) is 5. The van der Waals surface area contributed by atoms with Gasteiger partial charge in [0.05, 0.1) is 13.2 Å². The van der Waals surface area contributed by atoms with Crippen molar-refractivity contribution in [3.8, 4) is 0 Å². The third kappa shape index (κ3) is 4.95. The Morgan fingerprint density at radius 3 is 2.00 bits per heavy atom. The van der Waals surface area contributed by atoms with Crippen LogP contribution in [0.1, 0.15) is 13.8 Å². The third-order valence-corrected chi connectivity index (χ3v) is 2.41. The molecule has 0 aromatic heterocycles. The Balaban J connectivity index is 4.35. The standard InChI is InChI=1S/C7H16NO5P/c1-7(2,13-14(11)12)8(3-5-9)4-6-10/h9-10H,3-6H2,1-2H3/p+1. The molecule has 6 nitrogen and oxygen atoms in total. The van der Waals surface area contributed by atoms with Crippen LogP contribution in [0, 0.1) is 0 Å². The summed E-state index contributed by atoms with van der Waals surface area (Å²) < 4.78 is 15.3. The van der Waals surface area contributed by atoms with E-state index >= 15 is 0 Å². The Bertz CT molecular complexity index is 181. The molecule has 0 spiro atoms. The van der Waals surface area contributed by atoms with Gasteiger partial charge < -0.3 is 10.2 Å². The molecule has 14 heavy (non-hydrogen) atoms. The molecular formula is C7H17NO5P+. The van der Waals surface area contributed by atoms with Gasteiger partial charge in [-0.1, -0.05) is 4.52 Å². The summed E-state index contributed by atoms with van der Waals surface area (Å²) in [5.74, 6) is 0. The van der Waals surface area contributed by atoms with E-state index < -0.39 is 14.0 Å². The van der Waals surface area contributed by atoms with Crippen LogP contribution in [-0.4, -0.2) is 52.0 Å². The van der Waals surface area contributed by atoms with Gasteiger partial charge in [-0.15, -0.1) is 4.89 Å². The maximum absolute atomic E-state index is 10.5. The van der Waals surface area contributed by atoms with Crippen molar-refractivity contribution in [1.29, 1.82) is 0 Å². The monoisotopic (exact) mass is 226 g/mol. The van der Waals surface area contributed by atoms with Crippen LogP contribution in [0.5, 0.6) is 0 Å². The van der Waals surface area contributed by atoms with Gasteiger partial charge in [0.15, 0.2) is 5.72 Å². The smallest absolute Gasteiger partial charge is 0.395 e. The summed E-state index contributed by atoms with van der Waals surface area (Å²) in [5.41, 5.74) is -0.979. The van der Waals surface area contributed by atoms with Crippen molar-refractivity contribution in [3.63, 3.8) is 0 Å². The predicted octanol–water partition coefficient (Wildman–Crippen LogP) is -0.325. The van der Waals surface area contributed by atoms with Gasteiger partial charge in [0.2, 0.25) is 0 Å². The van der Waals surface area contributed by atoms with E-state index in [0.29, 0.717) is 0 Å². The van der Waals surface area contributed by atoms with Gasteiger partial charge >= 0.3 is 8.25 Å². The van der Waals surface area contributed by atoms with Crippen LogP contribution >= 0.6 is 8.25 Å². The first kappa shape index (κ1) is 13.9. The highest BCUT2D eigenvalue weighted by atomic mass is 31.1. The van der Waals surface area contributed by atoms with Crippen LogP contribution in [0.15, 0.2) is 0 Å². The summed E-state index contributed by atoms with van der Waals surface area (Å²) in [6.07, 6.45) is 0. The van der Waals surface area contributed by atoms with Crippen molar-refractivity contribution in [1.82, 2.24) is 4.90 Å². The average Bonchev–Trinajstić information content (AvgIpc) is 2.01. The maximum Gasteiger partial charge on any atom is 0.696 e. The summed E-state index contributed by atoms with van der Waals surface area (Å²) in [6.45, 7) is 3.54. The Hall–Kier alpha value is -0.100. The van der Waals surface area contributed by atoms with E-state index in [9.17, 15) is 4.57 Å². The molecule has 0 aromatic rings. The lowest BCUT2D eigenvalue weighted by molar-refractivity contribution is -0.0687. The highest BCUT2D eigenvalue weighted by molar-refractivity contribution is 7.32. The molecule has 0 bridgehead atoms. The fraction of sp³-hybridized carbons (Fsp3) is 1.00. The molecule has 0 aromatic carbocycles. The third-order valence-electron chi connectivity index (χ3n) is 1.80. The Labute approximate surface area is 84.1 Å². The summed E-state index contributed by atoms with van der Waals surface area (Å²) >= 11 is 0. The van der Waals surface area contributed by atoms with E-state index in [-0.39, 0.29) is 26.3 Å². The van der Waals surface area contributed by atoms with E-state index in [1.54, 1.807) is 18.7 Å². The van der Waals surface area contributed by atoms with Gasteiger partial charge in [0, 0.05) is 17.7 Å².